The minimum absolute atomic E-state index is 0.0248. The molecule has 1 aromatic heterocycles. The van der Waals surface area contributed by atoms with Gasteiger partial charge in [0.1, 0.15) is 0 Å². The Hall–Kier alpha value is -2.37. The maximum absolute atomic E-state index is 13.8. The normalized spacial score (nSPS) is 17.0. The van der Waals surface area contributed by atoms with Gasteiger partial charge < -0.3 is 9.64 Å². The first-order valence-electron chi connectivity index (χ1n) is 6.70. The molecule has 2 aromatic rings. The third-order valence-electron chi connectivity index (χ3n) is 4.06. The average Bonchev–Trinajstić information content (AvgIpc) is 2.77. The number of benzene rings is 1. The van der Waals surface area contributed by atoms with Crippen molar-refractivity contribution in [1.82, 2.24) is 10.2 Å². The third kappa shape index (κ3) is 2.07. The fraction of sp³-hybridized carbons (Fsp3) is 0.333. The lowest BCUT2D eigenvalue weighted by Gasteiger charge is -2.25. The molecule has 1 aliphatic heterocycles. The first-order valence-corrected chi connectivity index (χ1v) is 6.70. The molecule has 21 heavy (non-hydrogen) atoms. The van der Waals surface area contributed by atoms with Crippen molar-refractivity contribution in [3.63, 3.8) is 0 Å². The molecule has 1 atom stereocenters. The lowest BCUT2D eigenvalue weighted by molar-refractivity contribution is 0.385. The van der Waals surface area contributed by atoms with Crippen molar-refractivity contribution < 1.29 is 9.13 Å². The van der Waals surface area contributed by atoms with E-state index >= 15 is 0 Å². The van der Waals surface area contributed by atoms with Crippen molar-refractivity contribution in [2.24, 2.45) is 0 Å². The highest BCUT2D eigenvalue weighted by atomic mass is 19.1. The molecule has 110 valence electrons. The van der Waals surface area contributed by atoms with Crippen LogP contribution in [0.2, 0.25) is 0 Å². The summed E-state index contributed by atoms with van der Waals surface area (Å²) in [5.41, 5.74) is 3.08. The van der Waals surface area contributed by atoms with Gasteiger partial charge in [-0.2, -0.15) is 5.10 Å². The Balaban J connectivity index is 2.06. The summed E-state index contributed by atoms with van der Waals surface area (Å²) in [7, 11) is 1.45. The van der Waals surface area contributed by atoms with Crippen molar-refractivity contribution in [3.05, 3.63) is 51.2 Å². The van der Waals surface area contributed by atoms with Crippen LogP contribution in [0.15, 0.2) is 23.1 Å². The van der Waals surface area contributed by atoms with Gasteiger partial charge >= 0.3 is 0 Å². The summed E-state index contributed by atoms with van der Waals surface area (Å²) in [5.74, 6) is -0.130. The highest BCUT2D eigenvalue weighted by Gasteiger charge is 2.30. The maximum atomic E-state index is 13.8. The number of aromatic amines is 1. The minimum Gasteiger partial charge on any atom is -0.494 e. The van der Waals surface area contributed by atoms with E-state index in [1.807, 2.05) is 11.8 Å². The zero-order valence-corrected chi connectivity index (χ0v) is 12.1. The van der Waals surface area contributed by atoms with Crippen LogP contribution in [0.3, 0.4) is 0 Å². The van der Waals surface area contributed by atoms with Crippen LogP contribution in [0.4, 0.5) is 10.1 Å². The lowest BCUT2D eigenvalue weighted by Crippen LogP contribution is -2.24. The fourth-order valence-electron chi connectivity index (χ4n) is 2.81. The summed E-state index contributed by atoms with van der Waals surface area (Å²) in [6.07, 6.45) is 1.63. The summed E-state index contributed by atoms with van der Waals surface area (Å²) in [5, 5.41) is 6.27. The molecule has 1 N–H and O–H groups in total. The van der Waals surface area contributed by atoms with E-state index in [1.165, 1.54) is 13.2 Å². The summed E-state index contributed by atoms with van der Waals surface area (Å²) >= 11 is 0. The van der Waals surface area contributed by atoms with Crippen molar-refractivity contribution in [2.45, 2.75) is 26.4 Å². The molecule has 2 heterocycles. The molecule has 5 nitrogen and oxygen atoms in total. The molecule has 0 spiro atoms. The van der Waals surface area contributed by atoms with Crippen molar-refractivity contribution >= 4 is 5.69 Å². The van der Waals surface area contributed by atoms with Gasteiger partial charge in [0.05, 0.1) is 25.0 Å². The second-order valence-electron chi connectivity index (χ2n) is 5.20. The summed E-state index contributed by atoms with van der Waals surface area (Å²) < 4.78 is 18.9. The molecule has 0 saturated carbocycles. The second kappa shape index (κ2) is 4.87. The Bertz CT molecular complexity index is 757. The number of nitrogens with zero attached hydrogens (tertiary/aromatic N) is 2. The Morgan fingerprint density at radius 1 is 1.48 bits per heavy atom. The topological polar surface area (TPSA) is 58.2 Å². The van der Waals surface area contributed by atoms with Crippen LogP contribution in [0, 0.1) is 12.7 Å². The number of hydrogen-bond acceptors (Lipinski definition) is 4. The molecule has 0 saturated heterocycles. The van der Waals surface area contributed by atoms with Gasteiger partial charge in [0.25, 0.3) is 5.56 Å². The lowest BCUT2D eigenvalue weighted by atomic mass is 10.1. The molecule has 0 bridgehead atoms. The van der Waals surface area contributed by atoms with E-state index in [4.69, 9.17) is 4.74 Å². The van der Waals surface area contributed by atoms with Crippen LogP contribution < -0.4 is 15.2 Å². The Morgan fingerprint density at radius 2 is 2.24 bits per heavy atom. The molecule has 0 fully saturated rings. The first kappa shape index (κ1) is 13.6. The number of methoxy groups -OCH3 is 1. The number of H-pyrrole nitrogens is 1. The molecule has 1 aliphatic rings. The standard InChI is InChI=1S/C15H16FN3O2/c1-8-13(6-17-18-15(8)20)19-7-10-4-12(16)14(21-3)5-11(10)9(19)2/h4-6,9H,7H2,1-3H3,(H,18,20). The van der Waals surface area contributed by atoms with Crippen LogP contribution in [0.25, 0.3) is 0 Å². The van der Waals surface area contributed by atoms with E-state index in [9.17, 15) is 9.18 Å². The van der Waals surface area contributed by atoms with Crippen LogP contribution in [-0.2, 0) is 6.54 Å². The van der Waals surface area contributed by atoms with Crippen molar-refractivity contribution in [3.8, 4) is 5.75 Å². The maximum Gasteiger partial charge on any atom is 0.269 e. The van der Waals surface area contributed by atoms with Crippen LogP contribution >= 0.6 is 0 Å². The number of fused-ring (bicyclic) bond motifs is 1. The summed E-state index contributed by atoms with van der Waals surface area (Å²) in [6.45, 7) is 4.32. The highest BCUT2D eigenvalue weighted by Crippen LogP contribution is 2.39. The number of halogens is 1. The van der Waals surface area contributed by atoms with E-state index in [2.05, 4.69) is 10.2 Å². The number of nitrogens with one attached hydrogen (secondary N) is 1. The average molecular weight is 289 g/mol. The van der Waals surface area contributed by atoms with Crippen LogP contribution in [-0.4, -0.2) is 17.3 Å². The second-order valence-corrected chi connectivity index (χ2v) is 5.20. The third-order valence-corrected chi connectivity index (χ3v) is 4.06. The number of hydrogen-bond donors (Lipinski definition) is 1. The van der Waals surface area contributed by atoms with Gasteiger partial charge in [-0.15, -0.1) is 0 Å². The van der Waals surface area contributed by atoms with Gasteiger partial charge in [0, 0.05) is 12.1 Å². The molecular weight excluding hydrogens is 273 g/mol. The van der Waals surface area contributed by atoms with Gasteiger partial charge in [-0.05, 0) is 37.1 Å². The van der Waals surface area contributed by atoms with Gasteiger partial charge in [0.2, 0.25) is 0 Å². The molecule has 3 rings (SSSR count). The monoisotopic (exact) mass is 289 g/mol. The summed E-state index contributed by atoms with van der Waals surface area (Å²) in [4.78, 5) is 13.7. The van der Waals surface area contributed by atoms with E-state index in [0.717, 1.165) is 16.8 Å². The number of ether oxygens (including phenoxy) is 1. The SMILES string of the molecule is COc1cc2c(cc1F)CN(c1cn[nH]c(=O)c1C)C2C. The van der Waals surface area contributed by atoms with E-state index in [-0.39, 0.29) is 23.2 Å². The zero-order chi connectivity index (χ0) is 15.1. The van der Waals surface area contributed by atoms with Crippen LogP contribution in [0.5, 0.6) is 5.75 Å². The highest BCUT2D eigenvalue weighted by molar-refractivity contribution is 5.57. The van der Waals surface area contributed by atoms with Crippen molar-refractivity contribution in [1.29, 1.82) is 0 Å². The molecule has 0 radical (unpaired) electrons. The Kier molecular flexibility index (Phi) is 3.16. The molecule has 0 aliphatic carbocycles. The minimum atomic E-state index is -0.369. The van der Waals surface area contributed by atoms with Gasteiger partial charge in [-0.25, -0.2) is 9.49 Å². The molecular formula is C15H16FN3O2. The fourth-order valence-corrected chi connectivity index (χ4v) is 2.81. The molecule has 0 amide bonds. The number of rotatable bonds is 2. The van der Waals surface area contributed by atoms with Crippen molar-refractivity contribution in [2.75, 3.05) is 12.0 Å². The smallest absolute Gasteiger partial charge is 0.269 e. The first-order chi connectivity index (χ1) is 10.0. The van der Waals surface area contributed by atoms with Gasteiger partial charge in [-0.3, -0.25) is 4.79 Å². The van der Waals surface area contributed by atoms with E-state index in [0.29, 0.717) is 12.1 Å². The zero-order valence-electron chi connectivity index (χ0n) is 12.1. The number of aromatic nitrogens is 2. The predicted molar refractivity (Wildman–Crippen MR) is 77.1 cm³/mol. The molecule has 6 heteroatoms. The van der Waals surface area contributed by atoms with E-state index in [1.54, 1.807) is 19.2 Å². The Labute approximate surface area is 121 Å². The molecule has 1 aromatic carbocycles. The predicted octanol–water partition coefficient (Wildman–Crippen LogP) is 2.31. The van der Waals surface area contributed by atoms with Gasteiger partial charge in [0.15, 0.2) is 11.6 Å². The largest absolute Gasteiger partial charge is 0.494 e. The van der Waals surface area contributed by atoms with Gasteiger partial charge in [-0.1, -0.05) is 0 Å². The van der Waals surface area contributed by atoms with E-state index < -0.39 is 0 Å². The van der Waals surface area contributed by atoms with Crippen LogP contribution in [0.1, 0.15) is 29.7 Å². The Morgan fingerprint density at radius 3 is 2.95 bits per heavy atom. The summed E-state index contributed by atoms with van der Waals surface area (Å²) in [6, 6.07) is 3.25. The number of anilines is 1. The quantitative estimate of drug-likeness (QED) is 0.921. The molecule has 1 unspecified atom stereocenters.